The molecule has 0 N–H and O–H groups in total. The maximum absolute atomic E-state index is 6.05. The van der Waals surface area contributed by atoms with Crippen LogP contribution in [0.5, 0.6) is 0 Å². The highest BCUT2D eigenvalue weighted by Gasteiger charge is 2.15. The van der Waals surface area contributed by atoms with E-state index in [2.05, 4.69) is 44.3 Å². The molecule has 0 aliphatic carbocycles. The minimum absolute atomic E-state index is 0.429. The smallest absolute Gasteiger partial charge is 0.160 e. The quantitative estimate of drug-likeness (QED) is 0.641. The van der Waals surface area contributed by atoms with Gasteiger partial charge in [-0.15, -0.1) is 11.6 Å². The van der Waals surface area contributed by atoms with Crippen LogP contribution < -0.4 is 0 Å². The summed E-state index contributed by atoms with van der Waals surface area (Å²) in [5.74, 6) is 2.01. The molecule has 0 saturated carbocycles. The molecule has 0 amide bonds. The van der Waals surface area contributed by atoms with E-state index in [1.165, 1.54) is 25.7 Å². The van der Waals surface area contributed by atoms with Crippen molar-refractivity contribution in [2.75, 3.05) is 0 Å². The number of pyridine rings is 1. The lowest BCUT2D eigenvalue weighted by molar-refractivity contribution is 0.390. The summed E-state index contributed by atoms with van der Waals surface area (Å²) in [6.07, 6.45) is 6.78. The summed E-state index contributed by atoms with van der Waals surface area (Å²) in [7, 11) is 0. The summed E-state index contributed by atoms with van der Waals surface area (Å²) in [5, 5.41) is 0. The molecule has 0 radical (unpaired) electrons. The molecule has 2 rings (SSSR count). The van der Waals surface area contributed by atoms with Gasteiger partial charge < -0.3 is 4.57 Å². The molecule has 20 heavy (non-hydrogen) atoms. The van der Waals surface area contributed by atoms with Gasteiger partial charge in [0.1, 0.15) is 11.3 Å². The number of imidazole rings is 1. The second kappa shape index (κ2) is 7.41. The Morgan fingerprint density at radius 3 is 2.85 bits per heavy atom. The van der Waals surface area contributed by atoms with E-state index in [9.17, 15) is 0 Å². The van der Waals surface area contributed by atoms with Crippen molar-refractivity contribution < 1.29 is 0 Å². The zero-order valence-corrected chi connectivity index (χ0v) is 14.4. The number of halogens is 2. The van der Waals surface area contributed by atoms with Gasteiger partial charge in [0.15, 0.2) is 5.65 Å². The fraction of sp³-hybridized carbons (Fsp3) is 0.600. The van der Waals surface area contributed by atoms with Crippen molar-refractivity contribution in [1.29, 1.82) is 0 Å². The molecule has 2 heterocycles. The zero-order valence-electron chi connectivity index (χ0n) is 12.1. The number of hydrogen-bond acceptors (Lipinski definition) is 2. The molecule has 1 atom stereocenters. The Balaban J connectivity index is 2.31. The van der Waals surface area contributed by atoms with Crippen LogP contribution in [-0.4, -0.2) is 14.5 Å². The second-order valence-corrected chi connectivity index (χ2v) is 6.37. The van der Waals surface area contributed by atoms with E-state index in [0.29, 0.717) is 11.8 Å². The molecule has 3 nitrogen and oxygen atoms in total. The molecule has 5 heteroatoms. The summed E-state index contributed by atoms with van der Waals surface area (Å²) >= 11 is 9.49. The predicted octanol–water partition coefficient (Wildman–Crippen LogP) is 5.15. The van der Waals surface area contributed by atoms with Crippen molar-refractivity contribution in [3.8, 4) is 0 Å². The van der Waals surface area contributed by atoms with Gasteiger partial charge in [0.05, 0.1) is 5.88 Å². The van der Waals surface area contributed by atoms with Crippen molar-refractivity contribution in [2.45, 2.75) is 52.0 Å². The highest BCUT2D eigenvalue weighted by molar-refractivity contribution is 9.10. The molecule has 0 fully saturated rings. The lowest BCUT2D eigenvalue weighted by Gasteiger charge is -2.16. The van der Waals surface area contributed by atoms with Crippen molar-refractivity contribution in [3.05, 3.63) is 22.6 Å². The highest BCUT2D eigenvalue weighted by Crippen LogP contribution is 2.23. The molecule has 0 aliphatic rings. The van der Waals surface area contributed by atoms with Crippen LogP contribution in [0, 0.1) is 5.92 Å². The lowest BCUT2D eigenvalue weighted by Crippen LogP contribution is -2.12. The van der Waals surface area contributed by atoms with E-state index in [1.54, 1.807) is 0 Å². The van der Waals surface area contributed by atoms with Crippen molar-refractivity contribution in [1.82, 2.24) is 14.5 Å². The normalized spacial score (nSPS) is 13.0. The van der Waals surface area contributed by atoms with E-state index in [-0.39, 0.29) is 0 Å². The third-order valence-corrected chi connectivity index (χ3v) is 4.41. The summed E-state index contributed by atoms with van der Waals surface area (Å²) in [6.45, 7) is 5.45. The van der Waals surface area contributed by atoms with Gasteiger partial charge in [0.2, 0.25) is 0 Å². The zero-order chi connectivity index (χ0) is 14.5. The minimum atomic E-state index is 0.429. The van der Waals surface area contributed by atoms with Gasteiger partial charge in [-0.05, 0) is 34.3 Å². The molecule has 2 aromatic rings. The summed E-state index contributed by atoms with van der Waals surface area (Å²) in [4.78, 5) is 9.11. The topological polar surface area (TPSA) is 30.7 Å². The second-order valence-electron chi connectivity index (χ2n) is 5.19. The third kappa shape index (κ3) is 3.53. The molecular formula is C15H21BrClN3. The molecule has 0 saturated heterocycles. The first-order chi connectivity index (χ1) is 9.69. The molecule has 0 bridgehead atoms. The maximum atomic E-state index is 6.05. The summed E-state index contributed by atoms with van der Waals surface area (Å²) in [5.41, 5.74) is 1.86. The fourth-order valence-electron chi connectivity index (χ4n) is 2.50. The molecular weight excluding hydrogens is 338 g/mol. The number of hydrogen-bond donors (Lipinski definition) is 0. The van der Waals surface area contributed by atoms with Gasteiger partial charge >= 0.3 is 0 Å². The van der Waals surface area contributed by atoms with E-state index in [1.807, 2.05) is 12.3 Å². The first-order valence-electron chi connectivity index (χ1n) is 7.26. The van der Waals surface area contributed by atoms with Crippen LogP contribution in [0.15, 0.2) is 16.7 Å². The van der Waals surface area contributed by atoms with E-state index >= 15 is 0 Å². The number of fused-ring (bicyclic) bond motifs is 1. The highest BCUT2D eigenvalue weighted by atomic mass is 79.9. The molecule has 2 aromatic heterocycles. The van der Waals surface area contributed by atoms with Crippen LogP contribution >= 0.6 is 27.5 Å². The van der Waals surface area contributed by atoms with Crippen LogP contribution in [0.1, 0.15) is 45.4 Å². The monoisotopic (exact) mass is 357 g/mol. The minimum Gasteiger partial charge on any atom is -0.311 e. The van der Waals surface area contributed by atoms with Crippen molar-refractivity contribution in [2.24, 2.45) is 5.92 Å². The first-order valence-corrected chi connectivity index (χ1v) is 8.58. The molecule has 0 spiro atoms. The van der Waals surface area contributed by atoms with Crippen molar-refractivity contribution >= 4 is 38.7 Å². The average Bonchev–Trinajstić information content (AvgIpc) is 2.80. The Morgan fingerprint density at radius 2 is 2.20 bits per heavy atom. The van der Waals surface area contributed by atoms with Crippen LogP contribution in [0.4, 0.5) is 0 Å². The molecule has 1 unspecified atom stereocenters. The maximum Gasteiger partial charge on any atom is 0.160 e. The number of unbranched alkanes of at least 4 members (excludes halogenated alkanes) is 1. The van der Waals surface area contributed by atoms with Crippen LogP contribution in [0.2, 0.25) is 0 Å². The number of aromatic nitrogens is 3. The van der Waals surface area contributed by atoms with Crippen LogP contribution in [0.25, 0.3) is 11.2 Å². The number of nitrogens with zero attached hydrogens (tertiary/aromatic N) is 3. The van der Waals surface area contributed by atoms with Gasteiger partial charge in [0, 0.05) is 17.2 Å². The van der Waals surface area contributed by atoms with Crippen LogP contribution in [-0.2, 0) is 12.4 Å². The first kappa shape index (κ1) is 15.8. The molecule has 0 aliphatic heterocycles. The van der Waals surface area contributed by atoms with Crippen molar-refractivity contribution in [3.63, 3.8) is 0 Å². The van der Waals surface area contributed by atoms with Gasteiger partial charge in [-0.1, -0.05) is 33.1 Å². The Labute approximate surface area is 133 Å². The summed E-state index contributed by atoms with van der Waals surface area (Å²) in [6, 6.07) is 2.00. The Morgan fingerprint density at radius 1 is 1.40 bits per heavy atom. The van der Waals surface area contributed by atoms with Gasteiger partial charge in [-0.25, -0.2) is 9.97 Å². The lowest BCUT2D eigenvalue weighted by atomic mass is 9.99. The van der Waals surface area contributed by atoms with Gasteiger partial charge in [-0.3, -0.25) is 0 Å². The number of alkyl halides is 1. The fourth-order valence-corrected chi connectivity index (χ4v) is 3.03. The predicted molar refractivity (Wildman–Crippen MR) is 88.1 cm³/mol. The average molecular weight is 359 g/mol. The molecule has 0 aromatic carbocycles. The largest absolute Gasteiger partial charge is 0.311 e. The van der Waals surface area contributed by atoms with Gasteiger partial charge in [-0.2, -0.15) is 0 Å². The SMILES string of the molecule is CCCCC(CC)Cn1c(CCl)nc2cc(Br)cnc21. The Bertz CT molecular complexity index is 567. The molecule has 110 valence electrons. The Kier molecular flexibility index (Phi) is 5.85. The number of rotatable bonds is 7. The summed E-state index contributed by atoms with van der Waals surface area (Å²) < 4.78 is 3.15. The standard InChI is InChI=1S/C15H21BrClN3/c1-3-5-6-11(4-2)10-20-14(8-17)19-13-7-12(16)9-18-15(13)20/h7,9,11H,3-6,8,10H2,1-2H3. The van der Waals surface area contributed by atoms with E-state index in [4.69, 9.17) is 11.6 Å². The van der Waals surface area contributed by atoms with Crippen LogP contribution in [0.3, 0.4) is 0 Å². The van der Waals surface area contributed by atoms with Gasteiger partial charge in [0.25, 0.3) is 0 Å². The van der Waals surface area contributed by atoms with E-state index < -0.39 is 0 Å². The third-order valence-electron chi connectivity index (χ3n) is 3.73. The Hall–Kier alpha value is -0.610. The van der Waals surface area contributed by atoms with E-state index in [0.717, 1.165) is 28.0 Å².